The lowest BCUT2D eigenvalue weighted by molar-refractivity contribution is -0.115. The fourth-order valence-electron chi connectivity index (χ4n) is 1.68. The van der Waals surface area contributed by atoms with Crippen molar-refractivity contribution in [3.05, 3.63) is 27.2 Å². The number of rotatable bonds is 8. The zero-order valence-corrected chi connectivity index (χ0v) is 17.2. The van der Waals surface area contributed by atoms with Gasteiger partial charge in [0.1, 0.15) is 0 Å². The van der Waals surface area contributed by atoms with Crippen LogP contribution < -0.4 is 10.6 Å². The van der Waals surface area contributed by atoms with E-state index in [1.807, 2.05) is 0 Å². The molecule has 0 radical (unpaired) electrons. The van der Waals surface area contributed by atoms with Gasteiger partial charge in [-0.1, -0.05) is 57.9 Å². The minimum atomic E-state index is -0.414. The number of hydrogen-bond acceptors (Lipinski definition) is 7. The number of nitrogens with one attached hydrogen (secondary N) is 2. The number of carbonyl (C=O) groups is 1. The molecule has 0 spiro atoms. The molecule has 0 saturated heterocycles. The molecule has 2 rings (SSSR count). The highest BCUT2D eigenvalue weighted by atomic mass is 35.5. The predicted molar refractivity (Wildman–Crippen MR) is 106 cm³/mol. The topological polar surface area (TPSA) is 76.1 Å². The van der Waals surface area contributed by atoms with E-state index in [4.69, 9.17) is 39.5 Å². The Kier molecular flexibility index (Phi) is 8.05. The Morgan fingerprint density at radius 1 is 1.32 bits per heavy atom. The fourth-order valence-corrected chi connectivity index (χ4v) is 4.51. The van der Waals surface area contributed by atoms with E-state index in [2.05, 4.69) is 20.8 Å². The molecule has 1 heterocycles. The van der Waals surface area contributed by atoms with Crippen LogP contribution in [-0.4, -0.2) is 41.6 Å². The van der Waals surface area contributed by atoms with Crippen LogP contribution in [-0.2, 0) is 9.53 Å². The van der Waals surface area contributed by atoms with Crippen molar-refractivity contribution in [2.24, 2.45) is 0 Å². The van der Waals surface area contributed by atoms with Crippen molar-refractivity contribution in [1.82, 2.24) is 10.2 Å². The first-order chi connectivity index (χ1) is 11.9. The van der Waals surface area contributed by atoms with E-state index in [0.29, 0.717) is 33.3 Å². The van der Waals surface area contributed by atoms with Gasteiger partial charge in [-0.15, -0.1) is 10.2 Å². The van der Waals surface area contributed by atoms with Crippen LogP contribution in [0.15, 0.2) is 16.5 Å². The lowest BCUT2D eigenvalue weighted by atomic mass is 10.3. The van der Waals surface area contributed by atoms with E-state index in [1.165, 1.54) is 35.2 Å². The lowest BCUT2D eigenvalue weighted by Gasteiger charge is -2.13. The van der Waals surface area contributed by atoms with E-state index >= 15 is 0 Å². The number of aromatic nitrogens is 2. The Labute approximate surface area is 168 Å². The number of carbonyl (C=O) groups excluding carboxylic acids is 1. The van der Waals surface area contributed by atoms with Gasteiger partial charge in [0, 0.05) is 18.7 Å². The number of hydrogen-bond donors (Lipinski definition) is 2. The van der Waals surface area contributed by atoms with E-state index in [9.17, 15) is 4.79 Å². The third-order valence-electron chi connectivity index (χ3n) is 2.89. The van der Waals surface area contributed by atoms with E-state index < -0.39 is 5.25 Å². The average Bonchev–Trinajstić information content (AvgIpc) is 2.98. The van der Waals surface area contributed by atoms with Gasteiger partial charge in [-0.2, -0.15) is 0 Å². The van der Waals surface area contributed by atoms with Crippen molar-refractivity contribution >= 4 is 74.6 Å². The normalized spacial score (nSPS) is 12.0. The smallest absolute Gasteiger partial charge is 0.237 e. The number of halogens is 3. The highest BCUT2D eigenvalue weighted by Gasteiger charge is 2.19. The Balaban J connectivity index is 1.94. The molecule has 0 aliphatic carbocycles. The highest BCUT2D eigenvalue weighted by molar-refractivity contribution is 8.02. The molecule has 1 unspecified atom stereocenters. The fraction of sp³-hybridized carbons (Fsp3) is 0.357. The maximum Gasteiger partial charge on any atom is 0.237 e. The summed E-state index contributed by atoms with van der Waals surface area (Å²) in [5.74, 6) is -0.250. The molecule has 1 atom stereocenters. The maximum atomic E-state index is 12.4. The second-order valence-corrected chi connectivity index (χ2v) is 8.60. The quantitative estimate of drug-likeness (QED) is 0.458. The van der Waals surface area contributed by atoms with Gasteiger partial charge in [-0.3, -0.25) is 4.79 Å². The van der Waals surface area contributed by atoms with Gasteiger partial charge in [0.25, 0.3) is 0 Å². The molecule has 0 aliphatic rings. The molecule has 2 N–H and O–H groups in total. The lowest BCUT2D eigenvalue weighted by Crippen LogP contribution is -2.22. The summed E-state index contributed by atoms with van der Waals surface area (Å²) in [4.78, 5) is 12.4. The summed E-state index contributed by atoms with van der Waals surface area (Å²) in [6.45, 7) is 2.97. The number of methoxy groups -OCH3 is 1. The van der Waals surface area contributed by atoms with Gasteiger partial charge < -0.3 is 15.4 Å². The third kappa shape index (κ3) is 6.16. The van der Waals surface area contributed by atoms with Crippen molar-refractivity contribution in [2.75, 3.05) is 30.9 Å². The predicted octanol–water partition coefficient (Wildman–Crippen LogP) is 4.68. The maximum absolute atomic E-state index is 12.4. The monoisotopic (exact) mass is 440 g/mol. The van der Waals surface area contributed by atoms with Gasteiger partial charge in [0.15, 0.2) is 4.34 Å². The zero-order valence-electron chi connectivity index (χ0n) is 13.3. The number of benzene rings is 1. The van der Waals surface area contributed by atoms with Crippen molar-refractivity contribution in [3.8, 4) is 0 Å². The summed E-state index contributed by atoms with van der Waals surface area (Å²) in [6.07, 6.45) is 0. The zero-order chi connectivity index (χ0) is 18.4. The molecular formula is C14H15Cl3N4O2S2. The Morgan fingerprint density at radius 2 is 2.00 bits per heavy atom. The second-order valence-electron chi connectivity index (χ2n) is 4.79. The molecule has 0 bridgehead atoms. The summed E-state index contributed by atoms with van der Waals surface area (Å²) in [7, 11) is 1.63. The molecule has 1 aromatic carbocycles. The van der Waals surface area contributed by atoms with Gasteiger partial charge in [0.2, 0.25) is 11.0 Å². The van der Waals surface area contributed by atoms with E-state index in [0.717, 1.165) is 0 Å². The number of ether oxygens (including phenoxy) is 1. The first kappa shape index (κ1) is 20.5. The Bertz CT molecular complexity index is 722. The molecule has 0 aliphatic heterocycles. The van der Waals surface area contributed by atoms with E-state index in [-0.39, 0.29) is 16.0 Å². The minimum absolute atomic E-state index is 0.250. The standard InChI is InChI=1S/C14H15Cl3N4O2S2/c1-7(24-14-21-20-13(25-14)18-3-4-23-2)12(22)19-11-9(16)5-8(15)6-10(11)17/h5-7H,3-4H2,1-2H3,(H,18,20)(H,19,22). The first-order valence-electron chi connectivity index (χ1n) is 7.09. The number of anilines is 2. The van der Waals surface area contributed by atoms with E-state index in [1.54, 1.807) is 14.0 Å². The molecule has 1 aromatic heterocycles. The molecule has 0 saturated carbocycles. The van der Waals surface area contributed by atoms with Crippen molar-refractivity contribution in [3.63, 3.8) is 0 Å². The summed E-state index contributed by atoms with van der Waals surface area (Å²) >= 11 is 20.7. The molecular weight excluding hydrogens is 427 g/mol. The Hall–Kier alpha value is -0.770. The molecule has 0 fully saturated rings. The summed E-state index contributed by atoms with van der Waals surface area (Å²) in [5.41, 5.74) is 0.337. The van der Waals surface area contributed by atoms with Crippen molar-refractivity contribution in [2.45, 2.75) is 16.5 Å². The highest BCUT2D eigenvalue weighted by Crippen LogP contribution is 2.35. The average molecular weight is 442 g/mol. The summed E-state index contributed by atoms with van der Waals surface area (Å²) < 4.78 is 5.63. The van der Waals surface area contributed by atoms with Gasteiger partial charge in [0.05, 0.1) is 27.6 Å². The van der Waals surface area contributed by atoms with Crippen LogP contribution in [0.2, 0.25) is 15.1 Å². The van der Waals surface area contributed by atoms with Gasteiger partial charge in [-0.05, 0) is 19.1 Å². The summed E-state index contributed by atoms with van der Waals surface area (Å²) in [5, 5.41) is 15.1. The molecule has 1 amide bonds. The van der Waals surface area contributed by atoms with Crippen LogP contribution in [0.4, 0.5) is 10.8 Å². The van der Waals surface area contributed by atoms with Crippen molar-refractivity contribution in [1.29, 1.82) is 0 Å². The van der Waals surface area contributed by atoms with Crippen LogP contribution in [0, 0.1) is 0 Å². The van der Waals surface area contributed by atoms with Crippen molar-refractivity contribution < 1.29 is 9.53 Å². The van der Waals surface area contributed by atoms with Crippen LogP contribution in [0.3, 0.4) is 0 Å². The molecule has 6 nitrogen and oxygen atoms in total. The van der Waals surface area contributed by atoms with Gasteiger partial charge >= 0.3 is 0 Å². The summed E-state index contributed by atoms with van der Waals surface area (Å²) in [6, 6.07) is 3.04. The van der Waals surface area contributed by atoms with Crippen LogP contribution in [0.25, 0.3) is 0 Å². The number of amides is 1. The first-order valence-corrected chi connectivity index (χ1v) is 9.92. The van der Waals surface area contributed by atoms with Crippen LogP contribution in [0.1, 0.15) is 6.92 Å². The van der Waals surface area contributed by atoms with Crippen LogP contribution in [0.5, 0.6) is 0 Å². The molecule has 25 heavy (non-hydrogen) atoms. The molecule has 2 aromatic rings. The second kappa shape index (κ2) is 9.80. The third-order valence-corrected chi connectivity index (χ3v) is 5.77. The number of thioether (sulfide) groups is 1. The van der Waals surface area contributed by atoms with Crippen LogP contribution >= 0.6 is 57.9 Å². The minimum Gasteiger partial charge on any atom is -0.383 e. The molecule has 11 heteroatoms. The van der Waals surface area contributed by atoms with Gasteiger partial charge in [-0.25, -0.2) is 0 Å². The largest absolute Gasteiger partial charge is 0.383 e. The Morgan fingerprint density at radius 3 is 2.64 bits per heavy atom. The number of nitrogens with zero attached hydrogens (tertiary/aromatic N) is 2. The molecule has 136 valence electrons. The SMILES string of the molecule is COCCNc1nnc(SC(C)C(=O)Nc2c(Cl)cc(Cl)cc2Cl)s1.